The van der Waals surface area contributed by atoms with Crippen LogP contribution in [0.4, 0.5) is 0 Å². The van der Waals surface area contributed by atoms with E-state index in [-0.39, 0.29) is 24.0 Å². The molecule has 1 aromatic rings. The van der Waals surface area contributed by atoms with E-state index in [4.69, 9.17) is 10.5 Å². The van der Waals surface area contributed by atoms with E-state index in [9.17, 15) is 0 Å². The topological polar surface area (TPSA) is 66.1 Å². The van der Waals surface area contributed by atoms with Crippen molar-refractivity contribution in [2.75, 3.05) is 59.0 Å². The molecule has 0 aliphatic carbocycles. The number of fused-ring (bicyclic) bond motifs is 1. The number of rotatable bonds is 8. The van der Waals surface area contributed by atoms with Crippen molar-refractivity contribution in [2.45, 2.75) is 25.8 Å². The van der Waals surface area contributed by atoms with Gasteiger partial charge in [-0.15, -0.1) is 24.0 Å². The number of hydrogen-bond donors (Lipinski definition) is 2. The SMILES string of the molecule is I.NC(=NCCCN1CCc2ccccc2C1)NCCCN1CCOCC1. The van der Waals surface area contributed by atoms with Crippen LogP contribution in [-0.4, -0.2) is 74.8 Å². The van der Waals surface area contributed by atoms with Gasteiger partial charge in [-0.25, -0.2) is 0 Å². The summed E-state index contributed by atoms with van der Waals surface area (Å²) in [6, 6.07) is 8.78. The van der Waals surface area contributed by atoms with E-state index in [1.54, 1.807) is 0 Å². The van der Waals surface area contributed by atoms with Crippen LogP contribution in [-0.2, 0) is 17.7 Å². The Labute approximate surface area is 180 Å². The molecule has 0 bridgehead atoms. The lowest BCUT2D eigenvalue weighted by molar-refractivity contribution is 0.0376. The van der Waals surface area contributed by atoms with Gasteiger partial charge < -0.3 is 15.8 Å². The van der Waals surface area contributed by atoms with Crippen LogP contribution >= 0.6 is 24.0 Å². The van der Waals surface area contributed by atoms with E-state index >= 15 is 0 Å². The quantitative estimate of drug-likeness (QED) is 0.253. The van der Waals surface area contributed by atoms with Crippen molar-refractivity contribution in [3.05, 3.63) is 35.4 Å². The van der Waals surface area contributed by atoms with Crippen LogP contribution in [0.25, 0.3) is 0 Å². The minimum absolute atomic E-state index is 0. The highest BCUT2D eigenvalue weighted by atomic mass is 127. The first-order valence-corrected chi connectivity index (χ1v) is 9.94. The van der Waals surface area contributed by atoms with Gasteiger partial charge >= 0.3 is 0 Å². The van der Waals surface area contributed by atoms with Crippen LogP contribution in [0.1, 0.15) is 24.0 Å². The fourth-order valence-corrected chi connectivity index (χ4v) is 3.64. The van der Waals surface area contributed by atoms with Crippen LogP contribution in [0.5, 0.6) is 0 Å². The van der Waals surface area contributed by atoms with E-state index in [0.717, 1.165) is 84.8 Å². The molecular formula is C20H34IN5O. The Balaban J connectivity index is 0.00000261. The van der Waals surface area contributed by atoms with Gasteiger partial charge in [0.2, 0.25) is 0 Å². The predicted molar refractivity (Wildman–Crippen MR) is 122 cm³/mol. The zero-order valence-corrected chi connectivity index (χ0v) is 18.6. The molecule has 7 heteroatoms. The Morgan fingerprint density at radius 3 is 2.59 bits per heavy atom. The van der Waals surface area contributed by atoms with E-state index in [1.165, 1.54) is 11.1 Å². The molecule has 2 aliphatic heterocycles. The number of hydrogen-bond acceptors (Lipinski definition) is 4. The molecule has 2 aliphatic rings. The van der Waals surface area contributed by atoms with Gasteiger partial charge in [-0.3, -0.25) is 14.8 Å². The van der Waals surface area contributed by atoms with Gasteiger partial charge in [0, 0.05) is 45.8 Å². The molecule has 3 N–H and O–H groups in total. The molecule has 0 radical (unpaired) electrons. The lowest BCUT2D eigenvalue weighted by Gasteiger charge is -2.28. The maximum atomic E-state index is 5.97. The molecule has 6 nitrogen and oxygen atoms in total. The number of nitrogens with zero attached hydrogens (tertiary/aromatic N) is 3. The van der Waals surface area contributed by atoms with Crippen LogP contribution < -0.4 is 11.1 Å². The average Bonchev–Trinajstić information content (AvgIpc) is 2.69. The molecule has 0 unspecified atom stereocenters. The number of halogens is 1. The van der Waals surface area contributed by atoms with E-state index in [0.29, 0.717) is 5.96 Å². The molecule has 0 saturated carbocycles. The maximum absolute atomic E-state index is 5.97. The number of nitrogens with one attached hydrogen (secondary N) is 1. The summed E-state index contributed by atoms with van der Waals surface area (Å²) < 4.78 is 5.36. The zero-order chi connectivity index (χ0) is 18.0. The number of morpholine rings is 1. The Hall–Kier alpha value is -0.900. The normalized spacial score (nSPS) is 18.6. The summed E-state index contributed by atoms with van der Waals surface area (Å²) in [7, 11) is 0. The van der Waals surface area contributed by atoms with Gasteiger partial charge in [-0.2, -0.15) is 0 Å². The van der Waals surface area contributed by atoms with E-state index in [2.05, 4.69) is 44.4 Å². The second-order valence-corrected chi connectivity index (χ2v) is 7.15. The molecule has 152 valence electrons. The van der Waals surface area contributed by atoms with Gasteiger partial charge in [0.15, 0.2) is 5.96 Å². The first-order valence-electron chi connectivity index (χ1n) is 9.94. The standard InChI is InChI=1S/C20H33N5O.HI/c21-20(22-8-3-10-24-13-15-26-16-14-24)23-9-4-11-25-12-7-18-5-1-2-6-19(18)17-25;/h1-2,5-6H,3-4,7-17H2,(H3,21,22,23);1H. The Bertz CT molecular complexity index is 577. The minimum atomic E-state index is 0. The number of benzene rings is 1. The van der Waals surface area contributed by atoms with Gasteiger partial charge in [0.25, 0.3) is 0 Å². The summed E-state index contributed by atoms with van der Waals surface area (Å²) in [6.45, 7) is 9.89. The Morgan fingerprint density at radius 1 is 1.04 bits per heavy atom. The molecule has 0 aromatic heterocycles. The van der Waals surface area contributed by atoms with Crippen LogP contribution in [0.3, 0.4) is 0 Å². The summed E-state index contributed by atoms with van der Waals surface area (Å²) >= 11 is 0. The summed E-state index contributed by atoms with van der Waals surface area (Å²) in [6.07, 6.45) is 3.30. The monoisotopic (exact) mass is 487 g/mol. The second kappa shape index (κ2) is 12.5. The molecule has 1 aromatic carbocycles. The maximum Gasteiger partial charge on any atom is 0.188 e. The highest BCUT2D eigenvalue weighted by Crippen LogP contribution is 2.18. The first kappa shape index (κ1) is 22.4. The van der Waals surface area contributed by atoms with E-state index < -0.39 is 0 Å². The van der Waals surface area contributed by atoms with Gasteiger partial charge in [-0.05, 0) is 36.9 Å². The van der Waals surface area contributed by atoms with Crippen molar-refractivity contribution in [2.24, 2.45) is 10.7 Å². The molecule has 0 atom stereocenters. The lowest BCUT2D eigenvalue weighted by Crippen LogP contribution is -2.39. The predicted octanol–water partition coefficient (Wildman–Crippen LogP) is 1.68. The third kappa shape index (κ3) is 7.93. The van der Waals surface area contributed by atoms with Crippen LogP contribution in [0, 0.1) is 0 Å². The second-order valence-electron chi connectivity index (χ2n) is 7.15. The lowest BCUT2D eigenvalue weighted by atomic mass is 10.00. The third-order valence-corrected chi connectivity index (χ3v) is 5.19. The summed E-state index contributed by atoms with van der Waals surface area (Å²) in [5.41, 5.74) is 8.95. The van der Waals surface area contributed by atoms with Crippen molar-refractivity contribution >= 4 is 29.9 Å². The molecule has 0 amide bonds. The number of nitrogens with two attached hydrogens (primary N) is 1. The number of guanidine groups is 1. The fraction of sp³-hybridized carbons (Fsp3) is 0.650. The third-order valence-electron chi connectivity index (χ3n) is 5.19. The fourth-order valence-electron chi connectivity index (χ4n) is 3.64. The first-order chi connectivity index (χ1) is 12.8. The average molecular weight is 487 g/mol. The van der Waals surface area contributed by atoms with Gasteiger partial charge in [0.1, 0.15) is 0 Å². The zero-order valence-electron chi connectivity index (χ0n) is 16.2. The van der Waals surface area contributed by atoms with Crippen molar-refractivity contribution < 1.29 is 4.74 Å². The Morgan fingerprint density at radius 2 is 1.78 bits per heavy atom. The number of aliphatic imine (C=N–C) groups is 1. The highest BCUT2D eigenvalue weighted by Gasteiger charge is 2.14. The minimum Gasteiger partial charge on any atom is -0.379 e. The van der Waals surface area contributed by atoms with Crippen molar-refractivity contribution in [3.8, 4) is 0 Å². The largest absolute Gasteiger partial charge is 0.379 e. The highest BCUT2D eigenvalue weighted by molar-refractivity contribution is 14.0. The molecule has 27 heavy (non-hydrogen) atoms. The molecule has 3 rings (SSSR count). The molecule has 1 saturated heterocycles. The molecule has 1 fully saturated rings. The van der Waals surface area contributed by atoms with Crippen molar-refractivity contribution in [1.29, 1.82) is 0 Å². The van der Waals surface area contributed by atoms with E-state index in [1.807, 2.05) is 0 Å². The number of ether oxygens (including phenoxy) is 1. The molecule has 2 heterocycles. The summed E-state index contributed by atoms with van der Waals surface area (Å²) in [5, 5.41) is 3.23. The summed E-state index contributed by atoms with van der Waals surface area (Å²) in [4.78, 5) is 9.42. The van der Waals surface area contributed by atoms with Gasteiger partial charge in [-0.1, -0.05) is 24.3 Å². The molecular weight excluding hydrogens is 453 g/mol. The van der Waals surface area contributed by atoms with Crippen LogP contribution in [0.2, 0.25) is 0 Å². The van der Waals surface area contributed by atoms with Crippen molar-refractivity contribution in [3.63, 3.8) is 0 Å². The van der Waals surface area contributed by atoms with Crippen molar-refractivity contribution in [1.82, 2.24) is 15.1 Å². The van der Waals surface area contributed by atoms with Crippen LogP contribution in [0.15, 0.2) is 29.3 Å². The smallest absolute Gasteiger partial charge is 0.188 e. The molecule has 0 spiro atoms. The Kier molecular flexibility index (Phi) is 10.4. The summed E-state index contributed by atoms with van der Waals surface area (Å²) in [5.74, 6) is 0.580. The van der Waals surface area contributed by atoms with Gasteiger partial charge in [0.05, 0.1) is 13.2 Å².